The van der Waals surface area contributed by atoms with Crippen molar-refractivity contribution < 1.29 is 24.4 Å². The van der Waals surface area contributed by atoms with E-state index in [0.29, 0.717) is 65.3 Å². The normalized spacial score (nSPS) is 13.6. The van der Waals surface area contributed by atoms with E-state index in [1.807, 2.05) is 79.2 Å². The Morgan fingerprint density at radius 2 is 1.37 bits per heavy atom. The standard InChI is InChI=1S/C28H29N7O2.C15H16BNO3/c1-3-23(36)34-14-4-5-22(16-34)35-27-24(26(29)31-17-32-27)25(33-35)20-12-8-19(9-13-20)15-30-28(37)21-10-6-18(2)7-11-21;1-11-2-6-13(7-3-11)15(18)17-10-12-4-8-14(9-5-12)16(19)20/h3,6-13,17,22H,1,4-5,14-16H2,2H3,(H,30,37)(H2,29,31,32);2-9,19-20H,10H2,1H3,(H,17,18)/t22-;/m1./s1. The van der Waals surface area contributed by atoms with Gasteiger partial charge in [0.25, 0.3) is 11.8 Å². The summed E-state index contributed by atoms with van der Waals surface area (Å²) in [6, 6.07) is 29.4. The van der Waals surface area contributed by atoms with E-state index >= 15 is 0 Å². The molecule has 0 aliphatic carbocycles. The number of rotatable bonds is 10. The summed E-state index contributed by atoms with van der Waals surface area (Å²) in [7, 11) is -1.47. The molecule has 6 aromatic rings. The lowest BCUT2D eigenvalue weighted by Gasteiger charge is -2.32. The number of amides is 3. The number of nitrogen functional groups attached to an aromatic ring is 1. The molecule has 3 amide bonds. The number of likely N-dealkylation sites (tertiary alicyclic amines) is 1. The monoisotopic (exact) mass is 764 g/mol. The van der Waals surface area contributed by atoms with E-state index in [1.165, 1.54) is 12.4 Å². The first-order chi connectivity index (χ1) is 27.5. The third kappa shape index (κ3) is 9.98. The number of carbonyl (C=O) groups is 3. The van der Waals surface area contributed by atoms with Crippen molar-refractivity contribution in [3.8, 4) is 11.3 Å². The maximum absolute atomic E-state index is 12.5. The van der Waals surface area contributed by atoms with Crippen molar-refractivity contribution >= 4 is 47.2 Å². The summed E-state index contributed by atoms with van der Waals surface area (Å²) in [4.78, 5) is 47.1. The van der Waals surface area contributed by atoms with Gasteiger partial charge in [0.05, 0.1) is 11.4 Å². The molecule has 0 bridgehead atoms. The second-order valence-electron chi connectivity index (χ2n) is 13.9. The summed E-state index contributed by atoms with van der Waals surface area (Å²) in [6.07, 6.45) is 4.53. The minimum atomic E-state index is -1.47. The number of nitrogens with zero attached hydrogens (tertiary/aromatic N) is 5. The first-order valence-electron chi connectivity index (χ1n) is 18.6. The number of aromatic nitrogens is 4. The number of hydrogen-bond donors (Lipinski definition) is 5. The first kappa shape index (κ1) is 40.0. The van der Waals surface area contributed by atoms with Crippen LogP contribution in [0.25, 0.3) is 22.3 Å². The van der Waals surface area contributed by atoms with Gasteiger partial charge >= 0.3 is 7.12 Å². The van der Waals surface area contributed by atoms with Gasteiger partial charge in [-0.25, -0.2) is 14.6 Å². The lowest BCUT2D eigenvalue weighted by molar-refractivity contribution is -0.127. The molecule has 1 aliphatic heterocycles. The molecule has 3 heterocycles. The Labute approximate surface area is 331 Å². The molecule has 7 rings (SSSR count). The average molecular weight is 765 g/mol. The van der Waals surface area contributed by atoms with Crippen LogP contribution in [0.15, 0.2) is 116 Å². The number of nitrogens with one attached hydrogen (secondary N) is 2. The molecular weight excluding hydrogens is 719 g/mol. The molecule has 13 nitrogen and oxygen atoms in total. The minimum absolute atomic E-state index is 0.0283. The van der Waals surface area contributed by atoms with Crippen molar-refractivity contribution in [2.75, 3.05) is 18.8 Å². The van der Waals surface area contributed by atoms with Gasteiger partial charge in [-0.3, -0.25) is 14.4 Å². The van der Waals surface area contributed by atoms with E-state index in [4.69, 9.17) is 20.9 Å². The van der Waals surface area contributed by atoms with Gasteiger partial charge in [-0.1, -0.05) is 90.5 Å². The molecule has 2 aromatic heterocycles. The number of fused-ring (bicyclic) bond motifs is 1. The Bertz CT molecular complexity index is 2350. The molecule has 57 heavy (non-hydrogen) atoms. The number of anilines is 1. The lowest BCUT2D eigenvalue weighted by atomic mass is 9.80. The largest absolute Gasteiger partial charge is 0.488 e. The van der Waals surface area contributed by atoms with E-state index in [1.54, 1.807) is 41.3 Å². The quantitative estimate of drug-likeness (QED) is 0.100. The first-order valence-corrected chi connectivity index (χ1v) is 18.6. The summed E-state index contributed by atoms with van der Waals surface area (Å²) in [5.41, 5.74) is 14.3. The second-order valence-corrected chi connectivity index (χ2v) is 13.9. The third-order valence-corrected chi connectivity index (χ3v) is 9.79. The van der Waals surface area contributed by atoms with Crippen molar-refractivity contribution in [2.24, 2.45) is 0 Å². The van der Waals surface area contributed by atoms with Gasteiger partial charge in [-0.2, -0.15) is 5.10 Å². The van der Waals surface area contributed by atoms with Gasteiger partial charge in [0.1, 0.15) is 17.8 Å². The van der Waals surface area contributed by atoms with Crippen LogP contribution in [0.1, 0.15) is 61.9 Å². The summed E-state index contributed by atoms with van der Waals surface area (Å²) in [5.74, 6) is 0.0302. The van der Waals surface area contributed by atoms with Gasteiger partial charge in [-0.15, -0.1) is 0 Å². The van der Waals surface area contributed by atoms with Crippen LogP contribution in [0.2, 0.25) is 0 Å². The number of carbonyl (C=O) groups excluding carboxylic acids is 3. The smallest absolute Gasteiger partial charge is 0.423 e. The van der Waals surface area contributed by atoms with Crippen LogP contribution < -0.4 is 21.8 Å². The van der Waals surface area contributed by atoms with E-state index < -0.39 is 7.12 Å². The Kier molecular flexibility index (Phi) is 12.9. The zero-order valence-corrected chi connectivity index (χ0v) is 31.9. The summed E-state index contributed by atoms with van der Waals surface area (Å²) in [5, 5.41) is 29.4. The van der Waals surface area contributed by atoms with Gasteiger partial charge in [0.15, 0.2) is 5.65 Å². The maximum atomic E-state index is 12.5. The fraction of sp³-hybridized carbons (Fsp3) is 0.209. The molecule has 1 saturated heterocycles. The van der Waals surface area contributed by atoms with Crippen molar-refractivity contribution in [3.05, 3.63) is 149 Å². The molecule has 0 unspecified atom stereocenters. The fourth-order valence-corrected chi connectivity index (χ4v) is 6.50. The van der Waals surface area contributed by atoms with Gasteiger partial charge < -0.3 is 31.3 Å². The molecule has 1 fully saturated rings. The summed E-state index contributed by atoms with van der Waals surface area (Å²) < 4.78 is 1.88. The SMILES string of the molecule is C=CC(=O)N1CCC[C@@H](n2nc(-c3ccc(CNC(=O)c4ccc(C)cc4)cc3)c3c(N)ncnc32)C1.Cc1ccc(C(=O)NCc2ccc(B(O)O)cc2)cc1. The summed E-state index contributed by atoms with van der Waals surface area (Å²) >= 11 is 0. The zero-order chi connectivity index (χ0) is 40.5. The predicted octanol–water partition coefficient (Wildman–Crippen LogP) is 4.27. The van der Waals surface area contributed by atoms with Crippen LogP contribution in [0.3, 0.4) is 0 Å². The van der Waals surface area contributed by atoms with Gasteiger partial charge in [0, 0.05) is 42.9 Å². The number of hydrogen-bond acceptors (Lipinski definition) is 9. The Hall–Kier alpha value is -6.64. The third-order valence-electron chi connectivity index (χ3n) is 9.79. The minimum Gasteiger partial charge on any atom is -0.423 e. The van der Waals surface area contributed by atoms with E-state index in [-0.39, 0.29) is 23.8 Å². The molecular formula is C43H45BN8O5. The highest BCUT2D eigenvalue weighted by Crippen LogP contribution is 2.34. The van der Waals surface area contributed by atoms with Crippen LogP contribution in [0, 0.1) is 13.8 Å². The Morgan fingerprint density at radius 3 is 1.89 bits per heavy atom. The number of piperidine rings is 1. The molecule has 290 valence electrons. The Balaban J connectivity index is 0.000000232. The Morgan fingerprint density at radius 1 is 0.825 bits per heavy atom. The predicted molar refractivity (Wildman–Crippen MR) is 221 cm³/mol. The maximum Gasteiger partial charge on any atom is 0.488 e. The highest BCUT2D eigenvalue weighted by molar-refractivity contribution is 6.58. The molecule has 0 radical (unpaired) electrons. The average Bonchev–Trinajstić information content (AvgIpc) is 3.64. The molecule has 4 aromatic carbocycles. The van der Waals surface area contributed by atoms with E-state index in [9.17, 15) is 14.4 Å². The van der Waals surface area contributed by atoms with E-state index in [0.717, 1.165) is 40.7 Å². The molecule has 1 aliphatic rings. The highest BCUT2D eigenvalue weighted by atomic mass is 16.4. The fourth-order valence-electron chi connectivity index (χ4n) is 6.50. The van der Waals surface area contributed by atoms with Crippen LogP contribution in [0.5, 0.6) is 0 Å². The van der Waals surface area contributed by atoms with Crippen molar-refractivity contribution in [2.45, 2.75) is 45.8 Å². The van der Waals surface area contributed by atoms with Crippen molar-refractivity contribution in [3.63, 3.8) is 0 Å². The topological polar surface area (TPSA) is 189 Å². The van der Waals surface area contributed by atoms with Crippen molar-refractivity contribution in [1.82, 2.24) is 35.3 Å². The van der Waals surface area contributed by atoms with Gasteiger partial charge in [0.2, 0.25) is 5.91 Å². The van der Waals surface area contributed by atoms with Gasteiger partial charge in [-0.05, 0) is 73.6 Å². The molecule has 14 heteroatoms. The molecule has 1 atom stereocenters. The van der Waals surface area contributed by atoms with Crippen LogP contribution in [-0.4, -0.2) is 72.6 Å². The number of nitrogens with two attached hydrogens (primary N) is 1. The second kappa shape index (κ2) is 18.3. The lowest BCUT2D eigenvalue weighted by Crippen LogP contribution is -2.40. The molecule has 6 N–H and O–H groups in total. The highest BCUT2D eigenvalue weighted by Gasteiger charge is 2.28. The van der Waals surface area contributed by atoms with Crippen LogP contribution in [-0.2, 0) is 17.9 Å². The molecule has 0 saturated carbocycles. The van der Waals surface area contributed by atoms with E-state index in [2.05, 4.69) is 27.2 Å². The summed E-state index contributed by atoms with van der Waals surface area (Å²) in [6.45, 7) is 9.61. The van der Waals surface area contributed by atoms with Crippen molar-refractivity contribution in [1.29, 1.82) is 0 Å². The van der Waals surface area contributed by atoms with Crippen LogP contribution in [0.4, 0.5) is 5.82 Å². The number of benzene rings is 4. The zero-order valence-electron chi connectivity index (χ0n) is 31.9. The number of aryl methyl sites for hydroxylation is 2. The van der Waals surface area contributed by atoms with Crippen LogP contribution >= 0.6 is 0 Å². The molecule has 0 spiro atoms.